The number of methoxy groups -OCH3 is 4. The van der Waals surface area contributed by atoms with E-state index in [0.29, 0.717) is 78.5 Å². The molecule has 6 rings (SSSR count). The lowest BCUT2D eigenvalue weighted by molar-refractivity contribution is 0.413. The quantitative estimate of drug-likeness (QED) is 0.200. The van der Waals surface area contributed by atoms with Gasteiger partial charge in [-0.1, -0.05) is 17.9 Å². The molecule has 0 unspecified atom stereocenters. The van der Waals surface area contributed by atoms with Crippen molar-refractivity contribution in [1.82, 2.24) is 0 Å². The molecule has 0 radical (unpaired) electrons. The van der Waals surface area contributed by atoms with Gasteiger partial charge in [0.25, 0.3) is 0 Å². The van der Waals surface area contributed by atoms with E-state index >= 15 is 0 Å². The van der Waals surface area contributed by atoms with E-state index in [1.54, 1.807) is 101 Å². The van der Waals surface area contributed by atoms with Gasteiger partial charge in [0.1, 0.15) is 46.2 Å². The highest BCUT2D eigenvalue weighted by Crippen LogP contribution is 2.30. The Bertz CT molecular complexity index is 2230. The number of hydrogen-bond acceptors (Lipinski definition) is 8. The van der Waals surface area contributed by atoms with E-state index < -0.39 is 0 Å². The summed E-state index contributed by atoms with van der Waals surface area (Å²) in [5.74, 6) is 8.93. The van der Waals surface area contributed by atoms with E-state index in [-0.39, 0.29) is 10.9 Å². The number of hydrogen-bond donors (Lipinski definition) is 0. The lowest BCUT2D eigenvalue weighted by Gasteiger charge is -2.09. The fourth-order valence-electron chi connectivity index (χ4n) is 4.91. The van der Waals surface area contributed by atoms with Crippen molar-refractivity contribution in [2.24, 2.45) is 0 Å². The molecule has 0 spiro atoms. The van der Waals surface area contributed by atoms with Crippen LogP contribution in [0.3, 0.4) is 0 Å². The minimum absolute atomic E-state index is 0.175. The van der Waals surface area contributed by atoms with Gasteiger partial charge in [-0.05, 0) is 60.2 Å². The molecule has 0 amide bonds. The van der Waals surface area contributed by atoms with Crippen LogP contribution in [-0.2, 0) is 0 Å². The van der Waals surface area contributed by atoms with Gasteiger partial charge < -0.3 is 27.8 Å². The molecule has 2 aromatic heterocycles. The first-order valence-electron chi connectivity index (χ1n) is 13.5. The molecule has 6 aromatic rings. The predicted octanol–water partition coefficient (Wildman–Crippen LogP) is 6.67. The second-order valence-corrected chi connectivity index (χ2v) is 9.76. The van der Waals surface area contributed by atoms with E-state index in [1.807, 2.05) is 0 Å². The van der Waals surface area contributed by atoms with Gasteiger partial charge in [-0.25, -0.2) is 0 Å². The van der Waals surface area contributed by atoms with Crippen LogP contribution in [0.5, 0.6) is 23.0 Å². The van der Waals surface area contributed by atoms with E-state index in [2.05, 4.69) is 11.8 Å². The van der Waals surface area contributed by atoms with Gasteiger partial charge in [0.15, 0.2) is 10.9 Å². The first kappa shape index (κ1) is 28.2. The van der Waals surface area contributed by atoms with Crippen LogP contribution in [0.1, 0.15) is 11.1 Å². The second kappa shape index (κ2) is 11.7. The van der Waals surface area contributed by atoms with Crippen molar-refractivity contribution < 1.29 is 27.8 Å². The van der Waals surface area contributed by atoms with Crippen LogP contribution in [0, 0.1) is 11.8 Å². The van der Waals surface area contributed by atoms with Crippen molar-refractivity contribution in [3.8, 4) is 57.3 Å². The summed E-state index contributed by atoms with van der Waals surface area (Å²) in [6, 6.07) is 22.3. The highest BCUT2D eigenvalue weighted by atomic mass is 16.5. The molecule has 0 N–H and O–H groups in total. The first-order valence-corrected chi connectivity index (χ1v) is 13.5. The Morgan fingerprint density at radius 1 is 0.591 bits per heavy atom. The average Bonchev–Trinajstić information content (AvgIpc) is 3.06. The summed E-state index contributed by atoms with van der Waals surface area (Å²) in [5.41, 5.74) is 3.25. The maximum Gasteiger partial charge on any atom is 0.200 e. The lowest BCUT2D eigenvalue weighted by atomic mass is 10.0. The SMILES string of the molecule is COc1ccc2c(=O)cc(-c3ccc(OC)c(C#Cc4cc(-c5coc6cc(OC)ccc6c5=O)ccc4OC)c3)oc2c1. The van der Waals surface area contributed by atoms with Crippen LogP contribution in [0.15, 0.2) is 104 Å². The molecule has 218 valence electrons. The zero-order valence-corrected chi connectivity index (χ0v) is 24.3. The van der Waals surface area contributed by atoms with Crippen molar-refractivity contribution in [3.05, 3.63) is 117 Å². The second-order valence-electron chi connectivity index (χ2n) is 9.76. The normalized spacial score (nSPS) is 10.7. The van der Waals surface area contributed by atoms with Gasteiger partial charge >= 0.3 is 0 Å². The number of ether oxygens (including phenoxy) is 4. The Balaban J connectivity index is 1.42. The smallest absolute Gasteiger partial charge is 0.200 e. The maximum absolute atomic E-state index is 13.3. The van der Waals surface area contributed by atoms with Gasteiger partial charge in [0, 0.05) is 23.8 Å². The Morgan fingerprint density at radius 2 is 1.18 bits per heavy atom. The molecule has 0 aliphatic heterocycles. The van der Waals surface area contributed by atoms with Gasteiger partial charge in [-0.15, -0.1) is 0 Å². The highest BCUT2D eigenvalue weighted by Gasteiger charge is 2.14. The van der Waals surface area contributed by atoms with Gasteiger partial charge in [-0.2, -0.15) is 0 Å². The van der Waals surface area contributed by atoms with Crippen molar-refractivity contribution >= 4 is 21.9 Å². The maximum atomic E-state index is 13.3. The number of fused-ring (bicyclic) bond motifs is 2. The summed E-state index contributed by atoms with van der Waals surface area (Å²) in [7, 11) is 6.21. The molecule has 0 saturated carbocycles. The number of rotatable bonds is 6. The molecule has 0 atom stereocenters. The predicted molar refractivity (Wildman–Crippen MR) is 168 cm³/mol. The summed E-state index contributed by atoms with van der Waals surface area (Å²) in [4.78, 5) is 26.2. The monoisotopic (exact) mass is 586 g/mol. The summed E-state index contributed by atoms with van der Waals surface area (Å²) in [5, 5.41) is 0.891. The summed E-state index contributed by atoms with van der Waals surface area (Å²) in [6.07, 6.45) is 1.43. The van der Waals surface area contributed by atoms with E-state index in [1.165, 1.54) is 12.3 Å². The highest BCUT2D eigenvalue weighted by molar-refractivity contribution is 5.83. The lowest BCUT2D eigenvalue weighted by Crippen LogP contribution is -2.05. The zero-order chi connectivity index (χ0) is 30.8. The standard InChI is InChI=1S/C36H26O8/c1-39-25-10-12-28-34(17-25)43-20-29(36(28)38)21-7-13-31(41-3)22(15-21)5-6-23-16-24(8-14-32(23)42-4)33-19-30(37)27-11-9-26(40-2)18-35(27)44-33/h7-20H,1-4H3. The summed E-state index contributed by atoms with van der Waals surface area (Å²) >= 11 is 0. The number of benzene rings is 4. The van der Waals surface area contributed by atoms with Crippen LogP contribution in [0.4, 0.5) is 0 Å². The van der Waals surface area contributed by atoms with E-state index in [9.17, 15) is 9.59 Å². The van der Waals surface area contributed by atoms with Crippen molar-refractivity contribution in [2.45, 2.75) is 0 Å². The van der Waals surface area contributed by atoms with Crippen molar-refractivity contribution in [2.75, 3.05) is 28.4 Å². The van der Waals surface area contributed by atoms with Gasteiger partial charge in [0.2, 0.25) is 0 Å². The Hall–Kier alpha value is -5.94. The third-order valence-electron chi connectivity index (χ3n) is 7.24. The minimum atomic E-state index is -0.179. The zero-order valence-electron chi connectivity index (χ0n) is 24.3. The molecule has 8 heteroatoms. The summed E-state index contributed by atoms with van der Waals surface area (Å²) < 4.78 is 33.5. The molecule has 4 aromatic carbocycles. The molecule has 0 saturated heterocycles. The molecule has 8 nitrogen and oxygen atoms in total. The van der Waals surface area contributed by atoms with E-state index in [4.69, 9.17) is 27.8 Å². The molecular formula is C36H26O8. The molecule has 0 bridgehead atoms. The fourth-order valence-corrected chi connectivity index (χ4v) is 4.91. The van der Waals surface area contributed by atoms with Crippen LogP contribution < -0.4 is 29.8 Å². The molecule has 0 fully saturated rings. The third-order valence-corrected chi connectivity index (χ3v) is 7.24. The summed E-state index contributed by atoms with van der Waals surface area (Å²) in [6.45, 7) is 0. The van der Waals surface area contributed by atoms with Crippen LogP contribution in [0.2, 0.25) is 0 Å². The largest absolute Gasteiger partial charge is 0.497 e. The molecule has 2 heterocycles. The molecule has 44 heavy (non-hydrogen) atoms. The Kier molecular flexibility index (Phi) is 7.52. The van der Waals surface area contributed by atoms with Crippen LogP contribution in [0.25, 0.3) is 44.4 Å². The van der Waals surface area contributed by atoms with Crippen LogP contribution in [-0.4, -0.2) is 28.4 Å². The van der Waals surface area contributed by atoms with E-state index in [0.717, 1.165) is 0 Å². The Labute approximate surface area is 252 Å². The average molecular weight is 587 g/mol. The van der Waals surface area contributed by atoms with Gasteiger partial charge in [0.05, 0.1) is 55.9 Å². The molecular weight excluding hydrogens is 560 g/mol. The molecule has 0 aliphatic rings. The van der Waals surface area contributed by atoms with Crippen LogP contribution >= 0.6 is 0 Å². The molecule has 0 aliphatic carbocycles. The van der Waals surface area contributed by atoms with Crippen molar-refractivity contribution in [1.29, 1.82) is 0 Å². The third kappa shape index (κ3) is 5.23. The Morgan fingerprint density at radius 3 is 1.82 bits per heavy atom. The van der Waals surface area contributed by atoms with Gasteiger partial charge in [-0.3, -0.25) is 9.59 Å². The topological polar surface area (TPSA) is 97.3 Å². The fraction of sp³-hybridized carbons (Fsp3) is 0.111. The first-order chi connectivity index (χ1) is 21.4. The minimum Gasteiger partial charge on any atom is -0.497 e. The van der Waals surface area contributed by atoms with Crippen molar-refractivity contribution in [3.63, 3.8) is 0 Å².